The van der Waals surface area contributed by atoms with Crippen LogP contribution in [0.5, 0.6) is 0 Å². The van der Waals surface area contributed by atoms with E-state index in [2.05, 4.69) is 4.90 Å². The smallest absolute Gasteiger partial charge is 0.114 e. The number of ether oxygens (including phenoxy) is 1. The summed E-state index contributed by atoms with van der Waals surface area (Å²) in [6.45, 7) is 6.60. The SMILES string of the molecule is CC(C)O[C@H](C)C1CC(F)CN1C. The van der Waals surface area contributed by atoms with Gasteiger partial charge in [0.25, 0.3) is 0 Å². The van der Waals surface area contributed by atoms with Crippen LogP contribution in [0.3, 0.4) is 0 Å². The van der Waals surface area contributed by atoms with Gasteiger partial charge in [0.2, 0.25) is 0 Å². The maximum Gasteiger partial charge on any atom is 0.114 e. The lowest BCUT2D eigenvalue weighted by Gasteiger charge is -2.27. The van der Waals surface area contributed by atoms with E-state index >= 15 is 0 Å². The fourth-order valence-electron chi connectivity index (χ4n) is 2.03. The van der Waals surface area contributed by atoms with Gasteiger partial charge in [0.15, 0.2) is 0 Å². The topological polar surface area (TPSA) is 12.5 Å². The molecular weight excluding hydrogens is 169 g/mol. The number of halogens is 1. The van der Waals surface area contributed by atoms with Crippen LogP contribution in [0.4, 0.5) is 4.39 Å². The van der Waals surface area contributed by atoms with Gasteiger partial charge < -0.3 is 4.74 Å². The van der Waals surface area contributed by atoms with Gasteiger partial charge in [0.1, 0.15) is 6.17 Å². The molecule has 3 heteroatoms. The number of hydrogen-bond donors (Lipinski definition) is 0. The van der Waals surface area contributed by atoms with Gasteiger partial charge in [-0.05, 0) is 34.2 Å². The molecule has 78 valence electrons. The molecule has 0 aromatic carbocycles. The van der Waals surface area contributed by atoms with Crippen LogP contribution in [0.25, 0.3) is 0 Å². The summed E-state index contributed by atoms with van der Waals surface area (Å²) >= 11 is 0. The summed E-state index contributed by atoms with van der Waals surface area (Å²) in [5.74, 6) is 0. The third kappa shape index (κ3) is 2.92. The van der Waals surface area contributed by atoms with Gasteiger partial charge in [-0.15, -0.1) is 0 Å². The van der Waals surface area contributed by atoms with E-state index in [0.29, 0.717) is 13.0 Å². The molecule has 2 unspecified atom stereocenters. The first-order chi connectivity index (χ1) is 6.00. The molecule has 1 saturated heterocycles. The average molecular weight is 189 g/mol. The normalized spacial score (nSPS) is 32.8. The van der Waals surface area contributed by atoms with Crippen molar-refractivity contribution in [3.63, 3.8) is 0 Å². The van der Waals surface area contributed by atoms with E-state index < -0.39 is 6.17 Å². The molecule has 0 aromatic rings. The zero-order valence-corrected chi connectivity index (χ0v) is 8.96. The van der Waals surface area contributed by atoms with Gasteiger partial charge in [-0.25, -0.2) is 4.39 Å². The van der Waals surface area contributed by atoms with Crippen molar-refractivity contribution in [3.8, 4) is 0 Å². The van der Waals surface area contributed by atoms with Crippen molar-refractivity contribution in [3.05, 3.63) is 0 Å². The lowest BCUT2D eigenvalue weighted by atomic mass is 10.1. The molecule has 3 atom stereocenters. The number of hydrogen-bond acceptors (Lipinski definition) is 2. The van der Waals surface area contributed by atoms with Crippen molar-refractivity contribution < 1.29 is 9.13 Å². The van der Waals surface area contributed by atoms with Crippen molar-refractivity contribution in [2.45, 2.75) is 51.6 Å². The highest BCUT2D eigenvalue weighted by atomic mass is 19.1. The van der Waals surface area contributed by atoms with Crippen molar-refractivity contribution >= 4 is 0 Å². The number of rotatable bonds is 3. The molecule has 0 spiro atoms. The van der Waals surface area contributed by atoms with Gasteiger partial charge in [0.05, 0.1) is 12.2 Å². The van der Waals surface area contributed by atoms with E-state index in [1.165, 1.54) is 0 Å². The molecule has 0 radical (unpaired) electrons. The van der Waals surface area contributed by atoms with E-state index in [9.17, 15) is 4.39 Å². The fraction of sp³-hybridized carbons (Fsp3) is 1.00. The molecule has 0 aromatic heterocycles. The van der Waals surface area contributed by atoms with Gasteiger partial charge in [0, 0.05) is 12.6 Å². The zero-order valence-electron chi connectivity index (χ0n) is 8.96. The Morgan fingerprint density at radius 2 is 2.00 bits per heavy atom. The quantitative estimate of drug-likeness (QED) is 0.671. The minimum atomic E-state index is -0.673. The molecular formula is C10H20FNO. The molecule has 1 aliphatic heterocycles. The van der Waals surface area contributed by atoms with E-state index in [0.717, 1.165) is 0 Å². The minimum absolute atomic E-state index is 0.130. The predicted molar refractivity (Wildman–Crippen MR) is 51.6 cm³/mol. The third-order valence-corrected chi connectivity index (χ3v) is 2.58. The number of nitrogens with zero attached hydrogens (tertiary/aromatic N) is 1. The van der Waals surface area contributed by atoms with Crippen LogP contribution in [0, 0.1) is 0 Å². The van der Waals surface area contributed by atoms with E-state index in [-0.39, 0.29) is 18.2 Å². The Hall–Kier alpha value is -0.150. The molecule has 2 nitrogen and oxygen atoms in total. The number of likely N-dealkylation sites (tertiary alicyclic amines) is 1. The Labute approximate surface area is 80.1 Å². The Kier molecular flexibility index (Phi) is 3.68. The molecule has 0 N–H and O–H groups in total. The van der Waals surface area contributed by atoms with E-state index in [4.69, 9.17) is 4.74 Å². The second-order valence-corrected chi connectivity index (χ2v) is 4.23. The van der Waals surface area contributed by atoms with Crippen LogP contribution in [0.2, 0.25) is 0 Å². The summed E-state index contributed by atoms with van der Waals surface area (Å²) in [5.41, 5.74) is 0. The van der Waals surface area contributed by atoms with Crippen molar-refractivity contribution in [1.29, 1.82) is 0 Å². The van der Waals surface area contributed by atoms with Gasteiger partial charge in [-0.3, -0.25) is 4.90 Å². The molecule has 0 amide bonds. The summed E-state index contributed by atoms with van der Waals surface area (Å²) < 4.78 is 18.7. The number of alkyl halides is 1. The Morgan fingerprint density at radius 1 is 1.38 bits per heavy atom. The summed E-state index contributed by atoms with van der Waals surface area (Å²) in [5, 5.41) is 0. The molecule has 1 fully saturated rings. The fourth-order valence-corrected chi connectivity index (χ4v) is 2.03. The highest BCUT2D eigenvalue weighted by Crippen LogP contribution is 2.23. The maximum atomic E-state index is 13.0. The standard InChI is InChI=1S/C10H20FNO/c1-7(2)13-8(3)10-5-9(11)6-12(10)4/h7-10H,5-6H2,1-4H3/t8-,9?,10?/m1/s1. The largest absolute Gasteiger partial charge is 0.374 e. The number of likely N-dealkylation sites (N-methyl/N-ethyl adjacent to an activating group) is 1. The van der Waals surface area contributed by atoms with E-state index in [1.807, 2.05) is 27.8 Å². The summed E-state index contributed by atoms with van der Waals surface area (Å²) in [6.07, 6.45) is 0.297. The Balaban J connectivity index is 2.42. The maximum absolute atomic E-state index is 13.0. The third-order valence-electron chi connectivity index (χ3n) is 2.58. The highest BCUT2D eigenvalue weighted by molar-refractivity contribution is 4.87. The first kappa shape index (κ1) is 10.9. The monoisotopic (exact) mass is 189 g/mol. The molecule has 0 aliphatic carbocycles. The van der Waals surface area contributed by atoms with Crippen LogP contribution >= 0.6 is 0 Å². The Bertz CT molecular complexity index is 163. The van der Waals surface area contributed by atoms with Crippen LogP contribution in [0.1, 0.15) is 27.2 Å². The van der Waals surface area contributed by atoms with Crippen LogP contribution < -0.4 is 0 Å². The molecule has 0 saturated carbocycles. The molecule has 1 rings (SSSR count). The molecule has 0 bridgehead atoms. The summed E-state index contributed by atoms with van der Waals surface area (Å²) in [7, 11) is 1.96. The first-order valence-corrected chi connectivity index (χ1v) is 5.00. The highest BCUT2D eigenvalue weighted by Gasteiger charge is 2.33. The Morgan fingerprint density at radius 3 is 2.38 bits per heavy atom. The van der Waals surface area contributed by atoms with Crippen LogP contribution in [-0.2, 0) is 4.74 Å². The molecule has 1 heterocycles. The average Bonchev–Trinajstić information content (AvgIpc) is 2.28. The first-order valence-electron chi connectivity index (χ1n) is 5.00. The molecule has 1 aliphatic rings. The summed E-state index contributed by atoms with van der Waals surface area (Å²) in [6, 6.07) is 0.248. The van der Waals surface area contributed by atoms with Crippen molar-refractivity contribution in [1.82, 2.24) is 4.90 Å². The summed E-state index contributed by atoms with van der Waals surface area (Å²) in [4.78, 5) is 2.05. The predicted octanol–water partition coefficient (Wildman–Crippen LogP) is 1.84. The van der Waals surface area contributed by atoms with Gasteiger partial charge in [-0.2, -0.15) is 0 Å². The van der Waals surface area contributed by atoms with Crippen LogP contribution in [-0.4, -0.2) is 42.9 Å². The zero-order chi connectivity index (χ0) is 10.0. The van der Waals surface area contributed by atoms with E-state index in [1.54, 1.807) is 0 Å². The minimum Gasteiger partial charge on any atom is -0.374 e. The van der Waals surface area contributed by atoms with Crippen LogP contribution in [0.15, 0.2) is 0 Å². The lowest BCUT2D eigenvalue weighted by Crippen LogP contribution is -2.37. The molecule has 13 heavy (non-hydrogen) atoms. The van der Waals surface area contributed by atoms with Crippen molar-refractivity contribution in [2.24, 2.45) is 0 Å². The second kappa shape index (κ2) is 4.38. The lowest BCUT2D eigenvalue weighted by molar-refractivity contribution is -0.0203. The van der Waals surface area contributed by atoms with Gasteiger partial charge in [-0.1, -0.05) is 0 Å². The van der Waals surface area contributed by atoms with Crippen molar-refractivity contribution in [2.75, 3.05) is 13.6 Å². The second-order valence-electron chi connectivity index (χ2n) is 4.23. The van der Waals surface area contributed by atoms with Gasteiger partial charge >= 0.3 is 0 Å².